The third-order valence-electron chi connectivity index (χ3n) is 1.88. The number of ether oxygens (including phenoxy) is 2. The van der Waals surface area contributed by atoms with Crippen LogP contribution in [0.3, 0.4) is 0 Å². The van der Waals surface area contributed by atoms with E-state index in [-0.39, 0.29) is 12.6 Å². The van der Waals surface area contributed by atoms with Gasteiger partial charge >= 0.3 is 5.97 Å². The molecule has 0 aliphatic carbocycles. The van der Waals surface area contributed by atoms with Gasteiger partial charge in [-0.05, 0) is 29.8 Å². The summed E-state index contributed by atoms with van der Waals surface area (Å²) in [6.07, 6.45) is 3.51. The first-order valence-electron chi connectivity index (χ1n) is 4.77. The van der Waals surface area contributed by atoms with Crippen LogP contribution in [-0.4, -0.2) is 19.7 Å². The highest BCUT2D eigenvalue weighted by atomic mass is 35.5. The van der Waals surface area contributed by atoms with Crippen molar-refractivity contribution in [3.8, 4) is 5.75 Å². The zero-order valence-corrected chi connectivity index (χ0v) is 9.95. The minimum absolute atomic E-state index is 0.239. The van der Waals surface area contributed by atoms with E-state index in [1.165, 1.54) is 6.92 Å². The molecule has 0 radical (unpaired) electrons. The number of hydrogen-bond donors (Lipinski definition) is 0. The van der Waals surface area contributed by atoms with Gasteiger partial charge in [-0.2, -0.15) is 0 Å². The molecule has 0 saturated carbocycles. The molecule has 1 rings (SSSR count). The average molecular weight is 241 g/mol. The van der Waals surface area contributed by atoms with Crippen LogP contribution in [0.2, 0.25) is 5.02 Å². The highest BCUT2D eigenvalue weighted by molar-refractivity contribution is 6.32. The Hall–Kier alpha value is -1.48. The highest BCUT2D eigenvalue weighted by Crippen LogP contribution is 2.22. The topological polar surface area (TPSA) is 35.5 Å². The van der Waals surface area contributed by atoms with E-state index in [0.717, 1.165) is 11.3 Å². The van der Waals surface area contributed by atoms with E-state index in [1.807, 2.05) is 6.07 Å². The number of esters is 1. The van der Waals surface area contributed by atoms with Gasteiger partial charge in [-0.3, -0.25) is 4.79 Å². The largest absolute Gasteiger partial charge is 0.497 e. The third-order valence-corrected chi connectivity index (χ3v) is 2.23. The zero-order valence-electron chi connectivity index (χ0n) is 9.20. The van der Waals surface area contributed by atoms with Crippen LogP contribution in [0.25, 0.3) is 6.08 Å². The number of methoxy groups -OCH3 is 1. The molecule has 0 amide bonds. The van der Waals surface area contributed by atoms with E-state index in [2.05, 4.69) is 0 Å². The first kappa shape index (κ1) is 12.6. The van der Waals surface area contributed by atoms with E-state index in [0.29, 0.717) is 5.02 Å². The van der Waals surface area contributed by atoms with Gasteiger partial charge in [0.25, 0.3) is 0 Å². The summed E-state index contributed by atoms with van der Waals surface area (Å²) in [5.41, 5.74) is 0.827. The van der Waals surface area contributed by atoms with Gasteiger partial charge in [0.1, 0.15) is 12.4 Å². The van der Waals surface area contributed by atoms with Crippen LogP contribution in [0.4, 0.5) is 0 Å². The molecule has 1 aromatic carbocycles. The Morgan fingerprint density at radius 3 is 2.88 bits per heavy atom. The molecule has 16 heavy (non-hydrogen) atoms. The Kier molecular flexibility index (Phi) is 4.86. The molecule has 0 spiro atoms. The first-order valence-corrected chi connectivity index (χ1v) is 5.14. The smallest absolute Gasteiger partial charge is 0.302 e. The maximum atomic E-state index is 10.5. The van der Waals surface area contributed by atoms with Crippen LogP contribution in [0.15, 0.2) is 24.3 Å². The molecule has 0 N–H and O–H groups in total. The normalized spacial score (nSPS) is 10.4. The van der Waals surface area contributed by atoms with Gasteiger partial charge in [-0.1, -0.05) is 17.7 Å². The van der Waals surface area contributed by atoms with Gasteiger partial charge in [0.2, 0.25) is 0 Å². The molecule has 0 fully saturated rings. The van der Waals surface area contributed by atoms with Crippen LogP contribution < -0.4 is 4.74 Å². The Morgan fingerprint density at radius 2 is 2.25 bits per heavy atom. The quantitative estimate of drug-likeness (QED) is 0.759. The van der Waals surface area contributed by atoms with Crippen LogP contribution in [-0.2, 0) is 9.53 Å². The van der Waals surface area contributed by atoms with E-state index in [9.17, 15) is 4.79 Å². The first-order chi connectivity index (χ1) is 7.63. The lowest BCUT2D eigenvalue weighted by Crippen LogP contribution is -1.97. The summed E-state index contributed by atoms with van der Waals surface area (Å²) in [4.78, 5) is 10.5. The number of carbonyl (C=O) groups is 1. The predicted molar refractivity (Wildman–Crippen MR) is 63.7 cm³/mol. The van der Waals surface area contributed by atoms with Crippen molar-refractivity contribution in [3.63, 3.8) is 0 Å². The second kappa shape index (κ2) is 6.18. The standard InChI is InChI=1S/C12H13ClO3/c1-9(14)16-7-3-4-10-8-11(15-2)5-6-12(10)13/h3-6,8H,7H2,1-2H3/b4-3+. The SMILES string of the molecule is COc1ccc(Cl)c(/C=C/COC(C)=O)c1. The summed E-state index contributed by atoms with van der Waals surface area (Å²) in [6.45, 7) is 1.61. The monoisotopic (exact) mass is 240 g/mol. The van der Waals surface area contributed by atoms with Gasteiger partial charge < -0.3 is 9.47 Å². The molecule has 3 nitrogen and oxygen atoms in total. The summed E-state index contributed by atoms with van der Waals surface area (Å²) >= 11 is 5.98. The molecule has 86 valence electrons. The maximum Gasteiger partial charge on any atom is 0.302 e. The maximum absolute atomic E-state index is 10.5. The lowest BCUT2D eigenvalue weighted by atomic mass is 10.2. The molecule has 0 aliphatic heterocycles. The molecule has 0 heterocycles. The molecule has 0 aromatic heterocycles. The Bertz CT molecular complexity index is 399. The number of benzene rings is 1. The lowest BCUT2D eigenvalue weighted by molar-refractivity contribution is -0.139. The fourth-order valence-corrected chi connectivity index (χ4v) is 1.30. The van der Waals surface area contributed by atoms with Gasteiger partial charge in [0.05, 0.1) is 7.11 Å². The van der Waals surface area contributed by atoms with Gasteiger partial charge in [0, 0.05) is 11.9 Å². The zero-order chi connectivity index (χ0) is 12.0. The molecular formula is C12H13ClO3. The number of carbonyl (C=O) groups excluding carboxylic acids is 1. The van der Waals surface area contributed by atoms with Crippen molar-refractivity contribution in [1.82, 2.24) is 0 Å². The highest BCUT2D eigenvalue weighted by Gasteiger charge is 1.98. The second-order valence-corrected chi connectivity index (χ2v) is 3.50. The van der Waals surface area contributed by atoms with Crippen molar-refractivity contribution in [2.75, 3.05) is 13.7 Å². The van der Waals surface area contributed by atoms with Crippen LogP contribution >= 0.6 is 11.6 Å². The predicted octanol–water partition coefficient (Wildman–Crippen LogP) is 2.92. The third kappa shape index (κ3) is 3.95. The second-order valence-electron chi connectivity index (χ2n) is 3.09. The van der Waals surface area contributed by atoms with Crippen molar-refractivity contribution in [1.29, 1.82) is 0 Å². The molecule has 0 saturated heterocycles. The van der Waals surface area contributed by atoms with Gasteiger partial charge in [-0.15, -0.1) is 0 Å². The molecule has 1 aromatic rings. The van der Waals surface area contributed by atoms with Gasteiger partial charge in [-0.25, -0.2) is 0 Å². The summed E-state index contributed by atoms with van der Waals surface area (Å²) in [7, 11) is 1.59. The Morgan fingerprint density at radius 1 is 1.50 bits per heavy atom. The van der Waals surface area contributed by atoms with E-state index in [4.69, 9.17) is 21.1 Å². The van der Waals surface area contributed by atoms with Crippen LogP contribution in [0.5, 0.6) is 5.75 Å². The summed E-state index contributed by atoms with van der Waals surface area (Å²) in [6, 6.07) is 5.35. The van der Waals surface area contributed by atoms with E-state index >= 15 is 0 Å². The Balaban J connectivity index is 2.68. The number of hydrogen-bond acceptors (Lipinski definition) is 3. The molecule has 4 heteroatoms. The van der Waals surface area contributed by atoms with Crippen molar-refractivity contribution in [2.24, 2.45) is 0 Å². The van der Waals surface area contributed by atoms with Crippen molar-refractivity contribution >= 4 is 23.6 Å². The molecular weight excluding hydrogens is 228 g/mol. The average Bonchev–Trinajstić information content (AvgIpc) is 2.26. The molecule has 0 aliphatic rings. The summed E-state index contributed by atoms with van der Waals surface area (Å²) in [5, 5.41) is 0.625. The Labute approximate surface area is 99.6 Å². The van der Waals surface area contributed by atoms with Crippen LogP contribution in [0.1, 0.15) is 12.5 Å². The van der Waals surface area contributed by atoms with Crippen molar-refractivity contribution in [2.45, 2.75) is 6.92 Å². The fourth-order valence-electron chi connectivity index (χ4n) is 1.12. The summed E-state index contributed by atoms with van der Waals surface area (Å²) in [5.74, 6) is 0.429. The fraction of sp³-hybridized carbons (Fsp3) is 0.250. The summed E-state index contributed by atoms with van der Waals surface area (Å²) < 4.78 is 9.84. The molecule has 0 atom stereocenters. The van der Waals surface area contributed by atoms with E-state index in [1.54, 1.807) is 31.4 Å². The lowest BCUT2D eigenvalue weighted by Gasteiger charge is -2.03. The number of halogens is 1. The van der Waals surface area contributed by atoms with E-state index < -0.39 is 0 Å². The van der Waals surface area contributed by atoms with Crippen molar-refractivity contribution < 1.29 is 14.3 Å². The van der Waals surface area contributed by atoms with Crippen molar-refractivity contribution in [3.05, 3.63) is 34.9 Å². The minimum atomic E-state index is -0.304. The number of rotatable bonds is 4. The molecule has 0 unspecified atom stereocenters. The molecule has 0 bridgehead atoms. The minimum Gasteiger partial charge on any atom is -0.497 e. The van der Waals surface area contributed by atoms with Crippen LogP contribution in [0, 0.1) is 0 Å². The van der Waals surface area contributed by atoms with Gasteiger partial charge in [0.15, 0.2) is 0 Å².